The number of para-hydroxylation sites is 1. The van der Waals surface area contributed by atoms with E-state index in [0.29, 0.717) is 19.1 Å². The van der Waals surface area contributed by atoms with Gasteiger partial charge in [-0.25, -0.2) is 9.98 Å². The molecule has 0 aliphatic rings. The molecule has 0 aliphatic heterocycles. The van der Waals surface area contributed by atoms with Crippen LogP contribution in [0.25, 0.3) is 0 Å². The van der Waals surface area contributed by atoms with Gasteiger partial charge < -0.3 is 15.8 Å². The number of thiazole rings is 1. The molecule has 1 heterocycles. The maximum Gasteiger partial charge on any atom is 0.195 e. The lowest BCUT2D eigenvalue weighted by atomic mass is 10.2. The molecule has 5 nitrogen and oxygen atoms in total. The number of rotatable bonds is 5. The Morgan fingerprint density at radius 3 is 2.95 bits per heavy atom. The molecule has 2 aromatic rings. The Kier molecular flexibility index (Phi) is 6.83. The van der Waals surface area contributed by atoms with Crippen molar-refractivity contribution in [3.63, 3.8) is 0 Å². The number of nitrogens with one attached hydrogen (secondary N) is 1. The average Bonchev–Trinajstić information content (AvgIpc) is 2.91. The van der Waals surface area contributed by atoms with E-state index in [0.717, 1.165) is 16.4 Å². The summed E-state index contributed by atoms with van der Waals surface area (Å²) in [4.78, 5) is 8.36. The fraction of sp³-hybridized carbons (Fsp3) is 0.231. The summed E-state index contributed by atoms with van der Waals surface area (Å²) >= 11 is 1.48. The van der Waals surface area contributed by atoms with E-state index < -0.39 is 0 Å². The maximum absolute atomic E-state index is 5.80. The molecule has 1 aromatic carbocycles. The second-order valence-corrected chi connectivity index (χ2v) is 4.60. The molecule has 0 amide bonds. The van der Waals surface area contributed by atoms with Gasteiger partial charge >= 0.3 is 0 Å². The molecular weight excluding hydrogens is 296 g/mol. The highest BCUT2D eigenvalue weighted by molar-refractivity contribution is 7.13. The predicted molar refractivity (Wildman–Crippen MR) is 85.9 cm³/mol. The lowest BCUT2D eigenvalue weighted by Crippen LogP contribution is -2.22. The molecule has 0 spiro atoms. The Bertz CT molecular complexity index is 545. The van der Waals surface area contributed by atoms with Gasteiger partial charge in [-0.05, 0) is 13.0 Å². The molecule has 108 valence electrons. The number of benzene rings is 1. The molecule has 0 radical (unpaired) electrons. The molecule has 0 saturated carbocycles. The van der Waals surface area contributed by atoms with Gasteiger partial charge in [0.05, 0.1) is 13.2 Å². The number of aromatic nitrogens is 1. The minimum absolute atomic E-state index is 0. The lowest BCUT2D eigenvalue weighted by molar-refractivity contribution is 0.336. The molecule has 7 heteroatoms. The second-order valence-electron chi connectivity index (χ2n) is 3.70. The largest absolute Gasteiger partial charge is 0.494 e. The minimum Gasteiger partial charge on any atom is -0.494 e. The van der Waals surface area contributed by atoms with Crippen molar-refractivity contribution in [2.75, 3.05) is 11.9 Å². The monoisotopic (exact) mass is 312 g/mol. The van der Waals surface area contributed by atoms with E-state index in [1.807, 2.05) is 36.6 Å². The molecular formula is C13H17ClN4OS. The molecule has 0 fully saturated rings. The van der Waals surface area contributed by atoms with Crippen LogP contribution in [0, 0.1) is 0 Å². The van der Waals surface area contributed by atoms with E-state index in [9.17, 15) is 0 Å². The number of hydrogen-bond donors (Lipinski definition) is 2. The van der Waals surface area contributed by atoms with Gasteiger partial charge in [0.15, 0.2) is 11.1 Å². The normalized spacial score (nSPS) is 10.8. The zero-order chi connectivity index (χ0) is 13.5. The van der Waals surface area contributed by atoms with Gasteiger partial charge in [-0.2, -0.15) is 0 Å². The summed E-state index contributed by atoms with van der Waals surface area (Å²) in [6, 6.07) is 7.80. The van der Waals surface area contributed by atoms with Crippen molar-refractivity contribution >= 4 is 34.8 Å². The van der Waals surface area contributed by atoms with Crippen molar-refractivity contribution in [2.24, 2.45) is 10.7 Å². The van der Waals surface area contributed by atoms with Gasteiger partial charge in [-0.3, -0.25) is 0 Å². The Morgan fingerprint density at radius 2 is 2.25 bits per heavy atom. The maximum atomic E-state index is 5.80. The number of nitrogens with zero attached hydrogens (tertiary/aromatic N) is 2. The highest BCUT2D eigenvalue weighted by Gasteiger charge is 2.02. The first kappa shape index (κ1) is 16.3. The molecule has 0 bridgehead atoms. The zero-order valence-corrected chi connectivity index (χ0v) is 12.7. The fourth-order valence-corrected chi connectivity index (χ4v) is 2.07. The van der Waals surface area contributed by atoms with Crippen molar-refractivity contribution in [1.82, 2.24) is 4.98 Å². The number of nitrogens with two attached hydrogens (primary N) is 1. The van der Waals surface area contributed by atoms with Crippen LogP contribution < -0.4 is 15.8 Å². The van der Waals surface area contributed by atoms with E-state index in [4.69, 9.17) is 10.5 Å². The van der Waals surface area contributed by atoms with Crippen molar-refractivity contribution in [1.29, 1.82) is 0 Å². The van der Waals surface area contributed by atoms with Crippen LogP contribution in [-0.4, -0.2) is 17.6 Å². The van der Waals surface area contributed by atoms with Crippen LogP contribution in [0.5, 0.6) is 5.75 Å². The third kappa shape index (κ3) is 4.71. The number of halogens is 1. The molecule has 2 rings (SSSR count). The summed E-state index contributed by atoms with van der Waals surface area (Å²) in [5.41, 5.74) is 6.81. The van der Waals surface area contributed by atoms with E-state index in [1.165, 1.54) is 11.3 Å². The Hall–Kier alpha value is -1.79. The summed E-state index contributed by atoms with van der Waals surface area (Å²) in [5, 5.41) is 5.55. The molecule has 1 aromatic heterocycles. The summed E-state index contributed by atoms with van der Waals surface area (Å²) in [6.07, 6.45) is 1.71. The number of anilines is 1. The molecule has 3 N–H and O–H groups in total. The third-order valence-corrected chi connectivity index (χ3v) is 3.05. The van der Waals surface area contributed by atoms with Crippen LogP contribution in [0.2, 0.25) is 0 Å². The van der Waals surface area contributed by atoms with Crippen LogP contribution in [0.1, 0.15) is 12.5 Å². The Labute approximate surface area is 128 Å². The molecule has 0 saturated heterocycles. The van der Waals surface area contributed by atoms with Crippen molar-refractivity contribution in [3.8, 4) is 5.75 Å². The highest BCUT2D eigenvalue weighted by Crippen LogP contribution is 2.18. The van der Waals surface area contributed by atoms with Gasteiger partial charge in [-0.15, -0.1) is 23.7 Å². The van der Waals surface area contributed by atoms with Crippen LogP contribution in [0.4, 0.5) is 5.13 Å². The first-order valence-corrected chi connectivity index (χ1v) is 6.84. The average molecular weight is 313 g/mol. The smallest absolute Gasteiger partial charge is 0.195 e. The van der Waals surface area contributed by atoms with Crippen LogP contribution in [0.15, 0.2) is 40.8 Å². The topological polar surface area (TPSA) is 72.5 Å². The van der Waals surface area contributed by atoms with Gasteiger partial charge in [0.25, 0.3) is 0 Å². The highest BCUT2D eigenvalue weighted by atomic mass is 35.5. The fourth-order valence-electron chi connectivity index (χ4n) is 1.54. The van der Waals surface area contributed by atoms with Gasteiger partial charge in [-0.1, -0.05) is 18.2 Å². The van der Waals surface area contributed by atoms with Crippen LogP contribution in [0.3, 0.4) is 0 Å². The van der Waals surface area contributed by atoms with Crippen molar-refractivity contribution in [2.45, 2.75) is 13.5 Å². The summed E-state index contributed by atoms with van der Waals surface area (Å²) in [5.74, 6) is 1.19. The second kappa shape index (κ2) is 8.39. The Balaban J connectivity index is 0.00000200. The lowest BCUT2D eigenvalue weighted by Gasteiger charge is -2.08. The quantitative estimate of drug-likeness (QED) is 0.658. The number of hydrogen-bond acceptors (Lipinski definition) is 4. The standard InChI is InChI=1S/C13H16N4OS.ClH/c1-2-18-11-6-4-3-5-10(11)9-16-12(14)17-13-15-7-8-19-13;/h3-8H,2,9H2,1H3,(H3,14,15,16,17);1H. The molecule has 0 unspecified atom stereocenters. The molecule has 20 heavy (non-hydrogen) atoms. The van der Waals surface area contributed by atoms with Gasteiger partial charge in [0.1, 0.15) is 5.75 Å². The van der Waals surface area contributed by atoms with E-state index in [2.05, 4.69) is 15.3 Å². The van der Waals surface area contributed by atoms with E-state index in [-0.39, 0.29) is 12.4 Å². The van der Waals surface area contributed by atoms with Gasteiger partial charge in [0, 0.05) is 17.1 Å². The van der Waals surface area contributed by atoms with Crippen LogP contribution >= 0.6 is 23.7 Å². The first-order chi connectivity index (χ1) is 9.29. The van der Waals surface area contributed by atoms with Gasteiger partial charge in [0.2, 0.25) is 0 Å². The van der Waals surface area contributed by atoms with Crippen molar-refractivity contribution < 1.29 is 4.74 Å². The molecule has 0 atom stereocenters. The van der Waals surface area contributed by atoms with E-state index >= 15 is 0 Å². The first-order valence-electron chi connectivity index (χ1n) is 5.96. The predicted octanol–water partition coefficient (Wildman–Crippen LogP) is 2.89. The molecule has 0 aliphatic carbocycles. The third-order valence-electron chi connectivity index (χ3n) is 2.36. The number of ether oxygens (including phenoxy) is 1. The SMILES string of the molecule is CCOc1ccccc1CN=C(N)Nc1nccs1.Cl. The van der Waals surface area contributed by atoms with E-state index in [1.54, 1.807) is 6.20 Å². The Morgan fingerprint density at radius 1 is 1.45 bits per heavy atom. The number of guanidine groups is 1. The van der Waals surface area contributed by atoms with Crippen molar-refractivity contribution in [3.05, 3.63) is 41.4 Å². The van der Waals surface area contributed by atoms with Crippen LogP contribution in [-0.2, 0) is 6.54 Å². The minimum atomic E-state index is 0. The zero-order valence-electron chi connectivity index (χ0n) is 11.1. The summed E-state index contributed by atoms with van der Waals surface area (Å²) < 4.78 is 5.53. The number of aliphatic imine (C=N–C) groups is 1. The summed E-state index contributed by atoms with van der Waals surface area (Å²) in [7, 11) is 0. The summed E-state index contributed by atoms with van der Waals surface area (Å²) in [6.45, 7) is 3.06.